The summed E-state index contributed by atoms with van der Waals surface area (Å²) >= 11 is 0. The zero-order valence-electron chi connectivity index (χ0n) is 10.6. The van der Waals surface area contributed by atoms with Gasteiger partial charge in [-0.2, -0.15) is 0 Å². The number of hydrogen-bond donors (Lipinski definition) is 1. The highest BCUT2D eigenvalue weighted by atomic mass is 14.9. The van der Waals surface area contributed by atoms with Gasteiger partial charge in [0, 0.05) is 18.2 Å². The predicted octanol–water partition coefficient (Wildman–Crippen LogP) is 4.11. The van der Waals surface area contributed by atoms with E-state index in [-0.39, 0.29) is 0 Å². The number of rotatable bonds is 1. The monoisotopic (exact) mass is 235 g/mol. The van der Waals surface area contributed by atoms with Gasteiger partial charge >= 0.3 is 0 Å². The minimum absolute atomic E-state index is 0.322. The normalized spacial score (nSPS) is 18.1. The van der Waals surface area contributed by atoms with E-state index in [0.717, 1.165) is 6.54 Å². The molecule has 2 aromatic carbocycles. The molecule has 0 saturated heterocycles. The van der Waals surface area contributed by atoms with Crippen LogP contribution in [0.3, 0.4) is 0 Å². The molecule has 0 aliphatic carbocycles. The summed E-state index contributed by atoms with van der Waals surface area (Å²) in [5.41, 5.74) is 6.45. The maximum atomic E-state index is 4.24. The minimum atomic E-state index is 0.322. The van der Waals surface area contributed by atoms with Crippen LogP contribution in [0.15, 0.2) is 60.7 Å². The van der Waals surface area contributed by atoms with Gasteiger partial charge in [-0.15, -0.1) is 0 Å². The molecule has 1 heterocycles. The Morgan fingerprint density at radius 2 is 1.89 bits per heavy atom. The molecule has 0 fully saturated rings. The second-order valence-corrected chi connectivity index (χ2v) is 4.95. The van der Waals surface area contributed by atoms with Crippen molar-refractivity contribution in [3.63, 3.8) is 0 Å². The fourth-order valence-electron chi connectivity index (χ4n) is 2.67. The second-order valence-electron chi connectivity index (χ2n) is 4.95. The van der Waals surface area contributed by atoms with E-state index in [4.69, 9.17) is 0 Å². The van der Waals surface area contributed by atoms with Crippen LogP contribution in [0.5, 0.6) is 0 Å². The highest BCUT2D eigenvalue weighted by Crippen LogP contribution is 2.39. The van der Waals surface area contributed by atoms with E-state index in [1.54, 1.807) is 0 Å². The number of hydrogen-bond acceptors (Lipinski definition) is 1. The topological polar surface area (TPSA) is 12.0 Å². The Bertz CT molecular complexity index is 584. The van der Waals surface area contributed by atoms with Crippen molar-refractivity contribution in [1.29, 1.82) is 0 Å². The molecule has 2 aromatic rings. The molecule has 0 bridgehead atoms. The smallest absolute Gasteiger partial charge is 0.0385 e. The van der Waals surface area contributed by atoms with Crippen LogP contribution in [-0.4, -0.2) is 6.54 Å². The maximum Gasteiger partial charge on any atom is 0.0385 e. The summed E-state index contributed by atoms with van der Waals surface area (Å²) in [6.45, 7) is 7.23. The third kappa shape index (κ3) is 1.82. The number of fused-ring (bicyclic) bond motifs is 1. The first kappa shape index (κ1) is 11.1. The Labute approximate surface area is 108 Å². The molecule has 90 valence electrons. The van der Waals surface area contributed by atoms with Crippen molar-refractivity contribution in [2.45, 2.75) is 12.8 Å². The van der Waals surface area contributed by atoms with Crippen molar-refractivity contribution in [3.05, 3.63) is 77.4 Å². The molecule has 18 heavy (non-hydrogen) atoms. The van der Waals surface area contributed by atoms with Crippen LogP contribution < -0.4 is 5.32 Å². The molecule has 0 spiro atoms. The highest BCUT2D eigenvalue weighted by molar-refractivity contribution is 5.63. The number of benzene rings is 2. The summed E-state index contributed by atoms with van der Waals surface area (Å²) in [5, 5.41) is 3.44. The highest BCUT2D eigenvalue weighted by Gasteiger charge is 2.24. The Morgan fingerprint density at radius 1 is 1.11 bits per heavy atom. The van der Waals surface area contributed by atoms with Crippen molar-refractivity contribution in [3.8, 4) is 0 Å². The fourth-order valence-corrected chi connectivity index (χ4v) is 2.67. The average Bonchev–Trinajstić information content (AvgIpc) is 2.39. The molecular formula is C17H17N. The zero-order valence-corrected chi connectivity index (χ0v) is 10.6. The van der Waals surface area contributed by atoms with Crippen molar-refractivity contribution < 1.29 is 0 Å². The van der Waals surface area contributed by atoms with Crippen molar-refractivity contribution in [2.75, 3.05) is 11.9 Å². The lowest BCUT2D eigenvalue weighted by atomic mass is 9.82. The SMILES string of the molecule is C=C1CNc2ccc(C)cc2C1c1ccccc1. The molecule has 0 radical (unpaired) electrons. The Morgan fingerprint density at radius 3 is 2.67 bits per heavy atom. The quantitative estimate of drug-likeness (QED) is 0.733. The largest absolute Gasteiger partial charge is 0.381 e. The van der Waals surface area contributed by atoms with E-state index >= 15 is 0 Å². The van der Waals surface area contributed by atoms with Gasteiger partial charge in [0.25, 0.3) is 0 Å². The van der Waals surface area contributed by atoms with Crippen molar-refractivity contribution >= 4 is 5.69 Å². The lowest BCUT2D eigenvalue weighted by molar-refractivity contribution is 0.891. The predicted molar refractivity (Wildman–Crippen MR) is 77.1 cm³/mol. The van der Waals surface area contributed by atoms with Crippen LogP contribution in [0.25, 0.3) is 0 Å². The van der Waals surface area contributed by atoms with Gasteiger partial charge in [-0.3, -0.25) is 0 Å². The molecule has 3 rings (SSSR count). The fraction of sp³-hybridized carbons (Fsp3) is 0.176. The van der Waals surface area contributed by atoms with Crippen molar-refractivity contribution in [2.24, 2.45) is 0 Å². The van der Waals surface area contributed by atoms with Crippen LogP contribution >= 0.6 is 0 Å². The third-order valence-electron chi connectivity index (χ3n) is 3.57. The van der Waals surface area contributed by atoms with E-state index < -0.39 is 0 Å². The van der Waals surface area contributed by atoms with E-state index in [9.17, 15) is 0 Å². The molecule has 1 aliphatic heterocycles. The van der Waals surface area contributed by atoms with Gasteiger partial charge in [-0.25, -0.2) is 0 Å². The Balaban J connectivity index is 2.15. The molecule has 1 aliphatic rings. The molecule has 0 amide bonds. The first-order chi connectivity index (χ1) is 8.75. The lowest BCUT2D eigenvalue weighted by Crippen LogP contribution is -2.20. The average molecular weight is 235 g/mol. The summed E-state index contributed by atoms with van der Waals surface area (Å²) in [4.78, 5) is 0. The van der Waals surface area contributed by atoms with Crippen LogP contribution in [0, 0.1) is 6.92 Å². The van der Waals surface area contributed by atoms with Gasteiger partial charge < -0.3 is 5.32 Å². The molecule has 0 aromatic heterocycles. The Hall–Kier alpha value is -2.02. The van der Waals surface area contributed by atoms with Gasteiger partial charge in [0.15, 0.2) is 0 Å². The minimum Gasteiger partial charge on any atom is -0.381 e. The van der Waals surface area contributed by atoms with Crippen molar-refractivity contribution in [1.82, 2.24) is 0 Å². The standard InChI is InChI=1S/C17H17N/c1-12-8-9-16-15(10-12)17(13(2)11-18-16)14-6-4-3-5-7-14/h3-10,17-18H,2,11H2,1H3. The third-order valence-corrected chi connectivity index (χ3v) is 3.57. The van der Waals surface area contributed by atoms with Gasteiger partial charge in [0.2, 0.25) is 0 Å². The van der Waals surface area contributed by atoms with Gasteiger partial charge in [0.05, 0.1) is 0 Å². The van der Waals surface area contributed by atoms with Crippen LogP contribution in [0.1, 0.15) is 22.6 Å². The lowest BCUT2D eigenvalue weighted by Gasteiger charge is -2.29. The summed E-state index contributed by atoms with van der Waals surface area (Å²) in [6, 6.07) is 17.2. The van der Waals surface area contributed by atoms with Crippen LogP contribution in [0.2, 0.25) is 0 Å². The summed E-state index contributed by atoms with van der Waals surface area (Å²) in [5.74, 6) is 0.322. The molecule has 1 nitrogen and oxygen atoms in total. The van der Waals surface area contributed by atoms with Gasteiger partial charge in [-0.05, 0) is 29.7 Å². The summed E-state index contributed by atoms with van der Waals surface area (Å²) in [7, 11) is 0. The number of nitrogens with one attached hydrogen (secondary N) is 1. The first-order valence-corrected chi connectivity index (χ1v) is 6.33. The summed E-state index contributed by atoms with van der Waals surface area (Å²) < 4.78 is 0. The Kier molecular flexibility index (Phi) is 2.67. The molecule has 1 atom stereocenters. The number of anilines is 1. The zero-order chi connectivity index (χ0) is 12.5. The van der Waals surface area contributed by atoms with Crippen LogP contribution in [0.4, 0.5) is 5.69 Å². The number of aryl methyl sites for hydroxylation is 1. The first-order valence-electron chi connectivity index (χ1n) is 6.33. The van der Waals surface area contributed by atoms with E-state index in [0.29, 0.717) is 5.92 Å². The molecule has 1 heteroatoms. The molecule has 1 N–H and O–H groups in total. The second kappa shape index (κ2) is 4.34. The molecular weight excluding hydrogens is 218 g/mol. The van der Waals surface area contributed by atoms with E-state index in [1.165, 1.54) is 28.0 Å². The van der Waals surface area contributed by atoms with Gasteiger partial charge in [0.1, 0.15) is 0 Å². The van der Waals surface area contributed by atoms with Crippen LogP contribution in [-0.2, 0) is 0 Å². The molecule has 1 unspecified atom stereocenters. The van der Waals surface area contributed by atoms with E-state index in [2.05, 4.69) is 67.4 Å². The molecule has 0 saturated carbocycles. The summed E-state index contributed by atoms with van der Waals surface area (Å²) in [6.07, 6.45) is 0. The van der Waals surface area contributed by atoms with Gasteiger partial charge in [-0.1, -0.05) is 54.6 Å². The van der Waals surface area contributed by atoms with E-state index in [1.807, 2.05) is 0 Å². The maximum absolute atomic E-state index is 4.24.